The Balaban J connectivity index is 1.85. The first-order chi connectivity index (χ1) is 13.6. The molecule has 0 aliphatic rings. The normalized spacial score (nSPS) is 11.0. The van der Waals surface area contributed by atoms with Gasteiger partial charge in [0.1, 0.15) is 0 Å². The van der Waals surface area contributed by atoms with E-state index in [1.807, 2.05) is 13.8 Å². The van der Waals surface area contributed by atoms with E-state index in [9.17, 15) is 18.0 Å². The average molecular weight is 419 g/mol. The number of carbonyl (C=O) groups excluding carboxylic acids is 2. The number of sulfonamides is 1. The van der Waals surface area contributed by atoms with Crippen LogP contribution in [0.15, 0.2) is 48.5 Å². The second-order valence-electron chi connectivity index (χ2n) is 7.11. The number of anilines is 3. The lowest BCUT2D eigenvalue weighted by atomic mass is 10.1. The molecule has 2 aromatic rings. The van der Waals surface area contributed by atoms with E-state index in [2.05, 4.69) is 20.7 Å². The van der Waals surface area contributed by atoms with Crippen LogP contribution in [0.1, 0.15) is 25.8 Å². The third-order valence-electron chi connectivity index (χ3n) is 3.70. The molecule has 0 radical (unpaired) electrons. The van der Waals surface area contributed by atoms with Crippen LogP contribution in [0.2, 0.25) is 0 Å². The number of hydrogen-bond donors (Lipinski definition) is 4. The summed E-state index contributed by atoms with van der Waals surface area (Å²) in [6.45, 7) is 4.18. The molecule has 0 bridgehead atoms. The Morgan fingerprint density at radius 2 is 1.55 bits per heavy atom. The van der Waals surface area contributed by atoms with Gasteiger partial charge in [-0.05, 0) is 47.9 Å². The van der Waals surface area contributed by atoms with Crippen LogP contribution in [0.4, 0.5) is 21.9 Å². The number of hydrogen-bond acceptors (Lipinski definition) is 4. The van der Waals surface area contributed by atoms with E-state index in [0.717, 1.165) is 11.8 Å². The third-order valence-corrected chi connectivity index (χ3v) is 4.31. The summed E-state index contributed by atoms with van der Waals surface area (Å²) in [7, 11) is -3.36. The van der Waals surface area contributed by atoms with E-state index in [1.54, 1.807) is 48.5 Å². The first-order valence-corrected chi connectivity index (χ1v) is 11.0. The molecule has 9 heteroatoms. The van der Waals surface area contributed by atoms with Crippen LogP contribution in [0, 0.1) is 5.92 Å². The highest BCUT2D eigenvalue weighted by molar-refractivity contribution is 7.92. The molecule has 156 valence electrons. The number of benzene rings is 2. The molecular formula is C20H26N4O4S. The first kappa shape index (κ1) is 22.2. The number of urea groups is 1. The van der Waals surface area contributed by atoms with Gasteiger partial charge in [0.25, 0.3) is 0 Å². The molecule has 2 rings (SSSR count). The lowest BCUT2D eigenvalue weighted by Crippen LogP contribution is -2.28. The molecule has 0 heterocycles. The molecule has 0 spiro atoms. The second-order valence-corrected chi connectivity index (χ2v) is 8.85. The fourth-order valence-electron chi connectivity index (χ4n) is 2.54. The molecule has 0 unspecified atom stereocenters. The highest BCUT2D eigenvalue weighted by Gasteiger charge is 2.07. The zero-order chi connectivity index (χ0) is 21.4. The highest BCUT2D eigenvalue weighted by atomic mass is 32.2. The topological polar surface area (TPSA) is 116 Å². The lowest BCUT2D eigenvalue weighted by molar-refractivity contribution is -0.116. The third kappa shape index (κ3) is 8.65. The quantitative estimate of drug-likeness (QED) is 0.526. The van der Waals surface area contributed by atoms with Crippen LogP contribution < -0.4 is 20.7 Å². The molecule has 8 nitrogen and oxygen atoms in total. The van der Waals surface area contributed by atoms with Crippen LogP contribution in [0.25, 0.3) is 0 Å². The smallest absolute Gasteiger partial charge is 0.319 e. The molecule has 0 saturated heterocycles. The summed E-state index contributed by atoms with van der Waals surface area (Å²) in [5, 5.41) is 8.22. The SMILES string of the molecule is CC(C)CC(=O)Nc1ccc(NC(=O)NCc2cccc(NS(C)(=O)=O)c2)cc1. The van der Waals surface area contributed by atoms with Crippen molar-refractivity contribution in [1.29, 1.82) is 0 Å². The summed E-state index contributed by atoms with van der Waals surface area (Å²) in [5.41, 5.74) is 2.42. The van der Waals surface area contributed by atoms with E-state index < -0.39 is 16.1 Å². The number of amides is 3. The van der Waals surface area contributed by atoms with Gasteiger partial charge < -0.3 is 16.0 Å². The van der Waals surface area contributed by atoms with Crippen molar-refractivity contribution >= 4 is 39.0 Å². The van der Waals surface area contributed by atoms with Crippen LogP contribution in [-0.2, 0) is 21.4 Å². The Hall–Kier alpha value is -3.07. The van der Waals surface area contributed by atoms with E-state index >= 15 is 0 Å². The Labute approximate surface area is 171 Å². The Bertz CT molecular complexity index is 957. The van der Waals surface area contributed by atoms with Crippen LogP contribution >= 0.6 is 0 Å². The van der Waals surface area contributed by atoms with Gasteiger partial charge in [-0.2, -0.15) is 0 Å². The molecule has 0 aliphatic carbocycles. The molecule has 0 saturated carbocycles. The predicted octanol–water partition coefficient (Wildman–Crippen LogP) is 3.36. The van der Waals surface area contributed by atoms with Crippen molar-refractivity contribution in [1.82, 2.24) is 5.32 Å². The lowest BCUT2D eigenvalue weighted by Gasteiger charge is -2.11. The molecule has 0 atom stereocenters. The summed E-state index contributed by atoms with van der Waals surface area (Å²) < 4.78 is 25.0. The zero-order valence-electron chi connectivity index (χ0n) is 16.7. The molecule has 2 aromatic carbocycles. The molecule has 3 amide bonds. The van der Waals surface area contributed by atoms with Gasteiger partial charge in [-0.25, -0.2) is 13.2 Å². The van der Waals surface area contributed by atoms with Crippen molar-refractivity contribution in [2.75, 3.05) is 21.6 Å². The molecule has 0 aliphatic heterocycles. The van der Waals surface area contributed by atoms with E-state index in [0.29, 0.717) is 23.5 Å². The minimum Gasteiger partial charge on any atom is -0.334 e. The monoisotopic (exact) mass is 418 g/mol. The van der Waals surface area contributed by atoms with Crippen LogP contribution in [0.3, 0.4) is 0 Å². The van der Waals surface area contributed by atoms with Gasteiger partial charge in [-0.15, -0.1) is 0 Å². The Morgan fingerprint density at radius 1 is 0.931 bits per heavy atom. The van der Waals surface area contributed by atoms with E-state index in [4.69, 9.17) is 0 Å². The fraction of sp³-hybridized carbons (Fsp3) is 0.300. The van der Waals surface area contributed by atoms with Crippen LogP contribution in [-0.4, -0.2) is 26.6 Å². The molecule has 4 N–H and O–H groups in total. The minimum absolute atomic E-state index is 0.0500. The van der Waals surface area contributed by atoms with Crippen LogP contribution in [0.5, 0.6) is 0 Å². The van der Waals surface area contributed by atoms with Crippen molar-refractivity contribution in [2.45, 2.75) is 26.8 Å². The van der Waals surface area contributed by atoms with Gasteiger partial charge in [0, 0.05) is 30.0 Å². The van der Waals surface area contributed by atoms with E-state index in [1.165, 1.54) is 0 Å². The fourth-order valence-corrected chi connectivity index (χ4v) is 3.09. The minimum atomic E-state index is -3.36. The van der Waals surface area contributed by atoms with Crippen molar-refractivity contribution in [3.8, 4) is 0 Å². The van der Waals surface area contributed by atoms with Crippen molar-refractivity contribution in [2.24, 2.45) is 5.92 Å². The summed E-state index contributed by atoms with van der Waals surface area (Å²) in [5.74, 6) is 0.230. The summed E-state index contributed by atoms with van der Waals surface area (Å²) in [6, 6.07) is 13.2. The number of nitrogens with one attached hydrogen (secondary N) is 4. The standard InChI is InChI=1S/C20H26N4O4S/c1-14(2)11-19(25)22-16-7-9-17(10-8-16)23-20(26)21-13-15-5-4-6-18(12-15)24-29(3,27)28/h4-10,12,14,24H,11,13H2,1-3H3,(H,22,25)(H2,21,23,26). The summed E-state index contributed by atoms with van der Waals surface area (Å²) in [4.78, 5) is 23.9. The molecule has 0 fully saturated rings. The average Bonchev–Trinajstić information content (AvgIpc) is 2.60. The Kier molecular flexibility index (Phi) is 7.60. The zero-order valence-corrected chi connectivity index (χ0v) is 17.5. The maximum absolute atomic E-state index is 12.1. The summed E-state index contributed by atoms with van der Waals surface area (Å²) in [6.07, 6.45) is 1.52. The number of carbonyl (C=O) groups is 2. The highest BCUT2D eigenvalue weighted by Crippen LogP contribution is 2.15. The van der Waals surface area contributed by atoms with Gasteiger partial charge in [0.15, 0.2) is 0 Å². The molecular weight excluding hydrogens is 392 g/mol. The van der Waals surface area contributed by atoms with Gasteiger partial charge in [-0.3, -0.25) is 9.52 Å². The first-order valence-electron chi connectivity index (χ1n) is 9.12. The van der Waals surface area contributed by atoms with Crippen molar-refractivity contribution in [3.63, 3.8) is 0 Å². The predicted molar refractivity (Wildman–Crippen MR) is 115 cm³/mol. The van der Waals surface area contributed by atoms with Gasteiger partial charge in [-0.1, -0.05) is 26.0 Å². The maximum atomic E-state index is 12.1. The molecule has 0 aromatic heterocycles. The van der Waals surface area contributed by atoms with Gasteiger partial charge in [0.05, 0.1) is 6.26 Å². The molecule has 29 heavy (non-hydrogen) atoms. The largest absolute Gasteiger partial charge is 0.334 e. The van der Waals surface area contributed by atoms with Gasteiger partial charge >= 0.3 is 6.03 Å². The van der Waals surface area contributed by atoms with Gasteiger partial charge in [0.2, 0.25) is 15.9 Å². The van der Waals surface area contributed by atoms with E-state index in [-0.39, 0.29) is 18.4 Å². The number of rotatable bonds is 8. The second kappa shape index (κ2) is 9.92. The summed E-state index contributed by atoms with van der Waals surface area (Å²) >= 11 is 0. The maximum Gasteiger partial charge on any atom is 0.319 e. The van der Waals surface area contributed by atoms with Crippen molar-refractivity contribution in [3.05, 3.63) is 54.1 Å². The van der Waals surface area contributed by atoms with Crippen molar-refractivity contribution < 1.29 is 18.0 Å². The Morgan fingerprint density at radius 3 is 2.14 bits per heavy atom.